The number of fused-ring (bicyclic) bond motifs is 6. The van der Waals surface area contributed by atoms with Gasteiger partial charge in [-0.15, -0.1) is 0 Å². The molecule has 8 rings (SSSR count). The van der Waals surface area contributed by atoms with Crippen molar-refractivity contribution in [3.05, 3.63) is 124 Å². The lowest BCUT2D eigenvalue weighted by Crippen LogP contribution is -2.42. The number of hydrogen-bond acceptors (Lipinski definition) is 11. The number of ether oxygens (including phenoxy) is 4. The molecular weight excluding hydrogens is 767 g/mol. The third-order valence-corrected chi connectivity index (χ3v) is 10.8. The van der Waals surface area contributed by atoms with Gasteiger partial charge in [-0.2, -0.15) is 0 Å². The van der Waals surface area contributed by atoms with Crippen molar-refractivity contribution in [2.24, 2.45) is 0 Å². The first-order valence-corrected chi connectivity index (χ1v) is 19.7. The van der Waals surface area contributed by atoms with Gasteiger partial charge in [0, 0.05) is 62.0 Å². The highest BCUT2D eigenvalue weighted by Gasteiger charge is 2.42. The summed E-state index contributed by atoms with van der Waals surface area (Å²) in [6.45, 7) is 1.22. The molecule has 0 spiro atoms. The molecule has 60 heavy (non-hydrogen) atoms. The number of anilines is 5. The summed E-state index contributed by atoms with van der Waals surface area (Å²) in [4.78, 5) is 61.4. The third kappa shape index (κ3) is 8.14. The van der Waals surface area contributed by atoms with Gasteiger partial charge in [-0.1, -0.05) is 36.4 Å². The van der Waals surface area contributed by atoms with Crippen molar-refractivity contribution in [1.82, 2.24) is 0 Å². The molecule has 14 nitrogen and oxygen atoms in total. The summed E-state index contributed by atoms with van der Waals surface area (Å²) in [7, 11) is 4.96. The van der Waals surface area contributed by atoms with E-state index in [4.69, 9.17) is 23.8 Å². The van der Waals surface area contributed by atoms with E-state index in [1.54, 1.807) is 29.2 Å². The highest BCUT2D eigenvalue weighted by molar-refractivity contribution is 6.20. The number of benzene rings is 5. The molecule has 0 bridgehead atoms. The molecule has 14 heteroatoms. The summed E-state index contributed by atoms with van der Waals surface area (Å²) in [6.07, 6.45) is 3.03. The molecule has 3 N–H and O–H groups in total. The summed E-state index contributed by atoms with van der Waals surface area (Å²) in [6, 6.07) is 26.9. The van der Waals surface area contributed by atoms with Crippen molar-refractivity contribution in [3.63, 3.8) is 0 Å². The molecule has 0 saturated carbocycles. The van der Waals surface area contributed by atoms with Crippen LogP contribution in [0, 0.1) is 0 Å². The second-order valence-electron chi connectivity index (χ2n) is 14.7. The zero-order valence-corrected chi connectivity index (χ0v) is 33.5. The fourth-order valence-electron chi connectivity index (χ4n) is 7.74. The molecule has 0 unspecified atom stereocenters. The third-order valence-electron chi connectivity index (χ3n) is 10.8. The monoisotopic (exact) mass is 811 g/mol. The first kappa shape index (κ1) is 39.8. The average molecular weight is 812 g/mol. The molecule has 3 heterocycles. The summed E-state index contributed by atoms with van der Waals surface area (Å²) >= 11 is 0. The van der Waals surface area contributed by atoms with Gasteiger partial charge in [0.05, 0.1) is 43.3 Å². The summed E-state index contributed by atoms with van der Waals surface area (Å²) in [5.74, 6) is 0.496. The van der Waals surface area contributed by atoms with Crippen LogP contribution in [0.15, 0.2) is 91.0 Å². The summed E-state index contributed by atoms with van der Waals surface area (Å²) in [5, 5.41) is 5.97. The Morgan fingerprint density at radius 1 is 0.767 bits per heavy atom. The number of nitrogens with zero attached hydrogens (tertiary/aromatic N) is 2. The van der Waals surface area contributed by atoms with Gasteiger partial charge in [-0.3, -0.25) is 29.6 Å². The van der Waals surface area contributed by atoms with E-state index in [9.17, 15) is 19.2 Å². The lowest BCUT2D eigenvalue weighted by atomic mass is 10.1. The van der Waals surface area contributed by atoms with Crippen LogP contribution < -0.4 is 44.9 Å². The molecule has 5 aromatic carbocycles. The lowest BCUT2D eigenvalue weighted by molar-refractivity contribution is -0.117. The zero-order valence-electron chi connectivity index (χ0n) is 33.5. The lowest BCUT2D eigenvalue weighted by Gasteiger charge is -2.22. The molecule has 3 amide bonds. The number of rotatable bonds is 13. The molecule has 5 aromatic rings. The first-order valence-electron chi connectivity index (χ1n) is 19.7. The predicted octanol–water partition coefficient (Wildman–Crippen LogP) is 6.95. The predicted molar refractivity (Wildman–Crippen MR) is 227 cm³/mol. The zero-order chi connectivity index (χ0) is 41.8. The van der Waals surface area contributed by atoms with Crippen molar-refractivity contribution in [2.75, 3.05) is 60.3 Å². The maximum atomic E-state index is 14.0. The van der Waals surface area contributed by atoms with Gasteiger partial charge < -0.3 is 39.3 Å². The Kier molecular flexibility index (Phi) is 11.5. The van der Waals surface area contributed by atoms with E-state index in [0.717, 1.165) is 39.9 Å². The van der Waals surface area contributed by atoms with Crippen LogP contribution in [0.25, 0.3) is 0 Å². The molecule has 0 fully saturated rings. The van der Waals surface area contributed by atoms with E-state index in [1.165, 1.54) is 14.2 Å². The number of carbonyl (C=O) groups excluding carboxylic acids is 4. The minimum absolute atomic E-state index is 0.101. The summed E-state index contributed by atoms with van der Waals surface area (Å²) in [5.41, 5.74) is 10.1. The van der Waals surface area contributed by atoms with Gasteiger partial charge in [0.15, 0.2) is 23.0 Å². The molecule has 3 aliphatic rings. The van der Waals surface area contributed by atoms with Gasteiger partial charge >= 0.3 is 0 Å². The number of unbranched alkanes of at least 4 members (excludes halogenated alkanes) is 1. The molecule has 3 aliphatic heterocycles. The van der Waals surface area contributed by atoms with Crippen LogP contribution in [-0.4, -0.2) is 64.5 Å². The fourth-order valence-corrected chi connectivity index (χ4v) is 7.74. The number of hydrogen-bond donors (Lipinski definition) is 3. The number of carbonyl (C=O) groups is 4. The largest absolute Gasteiger partial charge is 0.493 e. The minimum Gasteiger partial charge on any atom is -0.493 e. The van der Waals surface area contributed by atoms with Gasteiger partial charge in [-0.05, 0) is 71.1 Å². The van der Waals surface area contributed by atoms with Crippen molar-refractivity contribution in [3.8, 4) is 23.0 Å². The molecular formula is C46H45N5O9. The van der Waals surface area contributed by atoms with E-state index in [1.807, 2.05) is 73.8 Å². The molecule has 0 aromatic heterocycles. The Bertz CT molecular complexity index is 2470. The van der Waals surface area contributed by atoms with Crippen LogP contribution in [0.2, 0.25) is 0 Å². The normalized spacial score (nSPS) is 15.3. The van der Waals surface area contributed by atoms with Crippen LogP contribution in [0.3, 0.4) is 0 Å². The number of aldehydes is 1. The first-order chi connectivity index (χ1) is 29.2. The van der Waals surface area contributed by atoms with Gasteiger partial charge in [0.25, 0.3) is 11.8 Å². The van der Waals surface area contributed by atoms with E-state index >= 15 is 0 Å². The second-order valence-corrected chi connectivity index (χ2v) is 14.7. The SMILES string of the molecule is COc1cc2c(cc1OCc1cc(COc3cc4c(cc3OC)C(=O)N3c5ccccc5C[C@H]3C(=O)N4)cc(N(C)CCCC=O)c1)NOCCc1ccccc1NC2=O. The van der Waals surface area contributed by atoms with Crippen molar-refractivity contribution in [2.45, 2.75) is 44.9 Å². The molecule has 0 aliphatic carbocycles. The highest BCUT2D eigenvalue weighted by atomic mass is 16.6. The fraction of sp³-hybridized carbons (Fsp3) is 0.261. The van der Waals surface area contributed by atoms with Gasteiger partial charge in [-0.25, -0.2) is 0 Å². The van der Waals surface area contributed by atoms with Crippen LogP contribution in [0.4, 0.5) is 28.4 Å². The maximum absolute atomic E-state index is 14.0. The number of amides is 3. The Balaban J connectivity index is 1.05. The topological polar surface area (TPSA) is 157 Å². The van der Waals surface area contributed by atoms with Crippen LogP contribution in [0.5, 0.6) is 23.0 Å². The van der Waals surface area contributed by atoms with E-state index in [0.29, 0.717) is 90.0 Å². The van der Waals surface area contributed by atoms with Crippen LogP contribution >= 0.6 is 0 Å². The Morgan fingerprint density at radius 2 is 1.43 bits per heavy atom. The van der Waals surface area contributed by atoms with Gasteiger partial charge in [0.2, 0.25) is 5.91 Å². The Hall–Kier alpha value is -7.06. The molecule has 1 atom stereocenters. The average Bonchev–Trinajstić information content (AvgIpc) is 3.62. The van der Waals surface area contributed by atoms with Crippen molar-refractivity contribution < 1.29 is 43.0 Å². The molecule has 0 saturated heterocycles. The van der Waals surface area contributed by atoms with Crippen molar-refractivity contribution in [1.29, 1.82) is 0 Å². The Morgan fingerprint density at radius 3 is 2.15 bits per heavy atom. The summed E-state index contributed by atoms with van der Waals surface area (Å²) < 4.78 is 24.2. The smallest absolute Gasteiger partial charge is 0.261 e. The highest BCUT2D eigenvalue weighted by Crippen LogP contribution is 2.41. The molecule has 0 radical (unpaired) electrons. The van der Waals surface area contributed by atoms with Crippen LogP contribution in [-0.2, 0) is 40.5 Å². The number of nitrogens with one attached hydrogen (secondary N) is 3. The Labute approximate surface area is 347 Å². The molecule has 308 valence electrons. The quantitative estimate of drug-likeness (QED) is 0.0835. The van der Waals surface area contributed by atoms with E-state index < -0.39 is 6.04 Å². The number of methoxy groups -OCH3 is 2. The van der Waals surface area contributed by atoms with E-state index in [-0.39, 0.29) is 30.9 Å². The minimum atomic E-state index is -0.670. The van der Waals surface area contributed by atoms with Crippen molar-refractivity contribution >= 4 is 52.4 Å². The van der Waals surface area contributed by atoms with E-state index in [2.05, 4.69) is 21.0 Å². The standard InChI is InChI=1S/C46H45N5O9/c1-50(15-8-9-16-52)32-19-28(26-58-42-24-36-34(23-41(42)57-3)46(55)51-38-13-7-5-11-31(38)21-39(51)45(54)48-36)18-29(20-32)27-59-43-25-37-33(22-40(43)56-2)44(53)47-35-12-6-4-10-30(35)14-17-60-49-37/h4-7,10-13,16,18-20,22-25,39,49H,8-9,14-15,17,21,26-27H2,1-3H3,(H,47,53)(H,48,54)/t39-/m0/s1. The number of para-hydroxylation sites is 2. The van der Waals surface area contributed by atoms with Gasteiger partial charge in [0.1, 0.15) is 25.5 Å². The van der Waals surface area contributed by atoms with Crippen LogP contribution in [0.1, 0.15) is 55.8 Å². The second kappa shape index (κ2) is 17.4. The maximum Gasteiger partial charge on any atom is 0.261 e.